The topological polar surface area (TPSA) is 67.9 Å². The second-order valence-corrected chi connectivity index (χ2v) is 8.97. The van der Waals surface area contributed by atoms with Gasteiger partial charge in [-0.05, 0) is 42.0 Å². The molecular formula is C23H28N2O4S. The molecule has 1 aromatic heterocycles. The van der Waals surface area contributed by atoms with Gasteiger partial charge in [0.25, 0.3) is 5.91 Å². The molecule has 2 heterocycles. The normalized spacial score (nSPS) is 21.8. The highest BCUT2D eigenvalue weighted by Crippen LogP contribution is 2.46. The minimum Gasteiger partial charge on any atom is -0.493 e. The lowest BCUT2D eigenvalue weighted by molar-refractivity contribution is -0.125. The van der Waals surface area contributed by atoms with E-state index in [9.17, 15) is 9.59 Å². The number of carbonyl (C=O) groups excluding carboxylic acids is 2. The molecule has 2 atom stereocenters. The standard InChI is InChI=1S/C23H28N2O4S/c1-25-21(19-10-7-11-30-19)20(22(26)24-14-8-5-4-6-9-14)15-12-17(28-2)18(29-3)13-16(15)23(25)27/h7,10-14,20-21H,4-6,8-9H2,1-3H3,(H,24,26). The average molecular weight is 429 g/mol. The molecule has 0 saturated heterocycles. The molecule has 2 aromatic rings. The highest BCUT2D eigenvalue weighted by molar-refractivity contribution is 7.10. The molecule has 0 radical (unpaired) electrons. The Kier molecular flexibility index (Phi) is 5.99. The molecule has 1 aliphatic heterocycles. The molecule has 1 fully saturated rings. The number of amides is 2. The van der Waals surface area contributed by atoms with Crippen LogP contribution in [0.25, 0.3) is 0 Å². The van der Waals surface area contributed by atoms with Crippen molar-refractivity contribution in [1.29, 1.82) is 0 Å². The summed E-state index contributed by atoms with van der Waals surface area (Å²) in [5.41, 5.74) is 1.19. The Bertz CT molecular complexity index is 922. The van der Waals surface area contributed by atoms with E-state index in [-0.39, 0.29) is 23.9 Å². The zero-order valence-corrected chi connectivity index (χ0v) is 18.5. The highest BCUT2D eigenvalue weighted by atomic mass is 32.1. The van der Waals surface area contributed by atoms with Crippen LogP contribution in [0.4, 0.5) is 0 Å². The molecule has 4 rings (SSSR count). The van der Waals surface area contributed by atoms with Crippen LogP contribution in [0, 0.1) is 0 Å². The van der Waals surface area contributed by atoms with E-state index < -0.39 is 5.92 Å². The van der Waals surface area contributed by atoms with Gasteiger partial charge in [0.1, 0.15) is 0 Å². The Labute approximate surface area is 181 Å². The third-order valence-corrected chi connectivity index (χ3v) is 7.19. The summed E-state index contributed by atoms with van der Waals surface area (Å²) in [6.45, 7) is 0. The lowest BCUT2D eigenvalue weighted by atomic mass is 9.81. The van der Waals surface area contributed by atoms with Crippen molar-refractivity contribution in [3.8, 4) is 11.5 Å². The zero-order valence-electron chi connectivity index (χ0n) is 17.6. The van der Waals surface area contributed by atoms with Crippen LogP contribution in [0.3, 0.4) is 0 Å². The van der Waals surface area contributed by atoms with E-state index in [1.54, 1.807) is 49.6 Å². The minimum atomic E-state index is -0.511. The van der Waals surface area contributed by atoms with Gasteiger partial charge in [-0.25, -0.2) is 0 Å². The molecular weight excluding hydrogens is 400 g/mol. The van der Waals surface area contributed by atoms with Crippen molar-refractivity contribution < 1.29 is 19.1 Å². The molecule has 2 aliphatic rings. The SMILES string of the molecule is COc1cc2c(cc1OC)C(C(=O)NC1CCCCC1)C(c1cccs1)N(C)C2=O. The van der Waals surface area contributed by atoms with Crippen LogP contribution in [0.15, 0.2) is 29.6 Å². The number of benzene rings is 1. The van der Waals surface area contributed by atoms with Gasteiger partial charge in [0.05, 0.1) is 26.2 Å². The van der Waals surface area contributed by atoms with E-state index in [1.165, 1.54) is 6.42 Å². The first-order chi connectivity index (χ1) is 14.5. The molecule has 0 bridgehead atoms. The summed E-state index contributed by atoms with van der Waals surface area (Å²) in [5.74, 6) is 0.343. The zero-order chi connectivity index (χ0) is 21.3. The van der Waals surface area contributed by atoms with Crippen molar-refractivity contribution in [3.63, 3.8) is 0 Å². The van der Waals surface area contributed by atoms with Gasteiger partial charge >= 0.3 is 0 Å². The predicted octanol–water partition coefficient (Wildman–Crippen LogP) is 4.12. The third-order valence-electron chi connectivity index (χ3n) is 6.24. The fourth-order valence-corrected chi connectivity index (χ4v) is 5.59. The number of likely N-dealkylation sites (N-methyl/N-ethyl adjacent to an activating group) is 1. The molecule has 1 N–H and O–H groups in total. The molecule has 1 aliphatic carbocycles. The maximum Gasteiger partial charge on any atom is 0.254 e. The van der Waals surface area contributed by atoms with Gasteiger partial charge in [-0.1, -0.05) is 25.3 Å². The van der Waals surface area contributed by atoms with E-state index in [2.05, 4.69) is 5.32 Å². The average Bonchev–Trinajstić information content (AvgIpc) is 3.30. The van der Waals surface area contributed by atoms with Crippen molar-refractivity contribution in [2.75, 3.05) is 21.3 Å². The Hall–Kier alpha value is -2.54. The molecule has 2 amide bonds. The van der Waals surface area contributed by atoms with Crippen LogP contribution in [0.2, 0.25) is 0 Å². The monoisotopic (exact) mass is 428 g/mol. The number of fused-ring (bicyclic) bond motifs is 1. The van der Waals surface area contributed by atoms with E-state index >= 15 is 0 Å². The smallest absolute Gasteiger partial charge is 0.254 e. The van der Waals surface area contributed by atoms with E-state index in [0.717, 1.165) is 30.6 Å². The Morgan fingerprint density at radius 3 is 2.47 bits per heavy atom. The summed E-state index contributed by atoms with van der Waals surface area (Å²) in [5, 5.41) is 5.26. The number of nitrogens with one attached hydrogen (secondary N) is 1. The fraction of sp³-hybridized carbons (Fsp3) is 0.478. The third kappa shape index (κ3) is 3.67. The molecule has 7 heteroatoms. The maximum atomic E-state index is 13.6. The first-order valence-corrected chi connectivity index (χ1v) is 11.3. The predicted molar refractivity (Wildman–Crippen MR) is 116 cm³/mol. The first-order valence-electron chi connectivity index (χ1n) is 10.4. The Morgan fingerprint density at radius 2 is 1.83 bits per heavy atom. The van der Waals surface area contributed by atoms with Crippen molar-refractivity contribution >= 4 is 23.2 Å². The van der Waals surface area contributed by atoms with Crippen LogP contribution in [-0.4, -0.2) is 44.0 Å². The largest absolute Gasteiger partial charge is 0.493 e. The number of nitrogens with zero attached hydrogens (tertiary/aromatic N) is 1. The van der Waals surface area contributed by atoms with Gasteiger partial charge in [-0.15, -0.1) is 11.3 Å². The van der Waals surface area contributed by atoms with Gasteiger partial charge in [0.15, 0.2) is 11.5 Å². The maximum absolute atomic E-state index is 13.6. The quantitative estimate of drug-likeness (QED) is 0.778. The fourth-order valence-electron chi connectivity index (χ4n) is 4.68. The number of carbonyl (C=O) groups is 2. The summed E-state index contributed by atoms with van der Waals surface area (Å²) >= 11 is 1.56. The van der Waals surface area contributed by atoms with Gasteiger partial charge in [0, 0.05) is 23.5 Å². The number of ether oxygens (including phenoxy) is 2. The summed E-state index contributed by atoms with van der Waals surface area (Å²) in [4.78, 5) is 29.6. The number of rotatable bonds is 5. The van der Waals surface area contributed by atoms with Crippen LogP contribution >= 0.6 is 11.3 Å². The van der Waals surface area contributed by atoms with Gasteiger partial charge in [-0.2, -0.15) is 0 Å². The van der Waals surface area contributed by atoms with Crippen LogP contribution in [0.5, 0.6) is 11.5 Å². The Morgan fingerprint density at radius 1 is 1.13 bits per heavy atom. The number of hydrogen-bond acceptors (Lipinski definition) is 5. The molecule has 0 spiro atoms. The summed E-state index contributed by atoms with van der Waals surface area (Å²) in [6.07, 6.45) is 5.53. The second-order valence-electron chi connectivity index (χ2n) is 7.99. The van der Waals surface area contributed by atoms with Gasteiger partial charge in [-0.3, -0.25) is 9.59 Å². The summed E-state index contributed by atoms with van der Waals surface area (Å²) in [7, 11) is 4.88. The lowest BCUT2D eigenvalue weighted by Crippen LogP contribution is -2.47. The van der Waals surface area contributed by atoms with Crippen molar-refractivity contribution in [3.05, 3.63) is 45.6 Å². The van der Waals surface area contributed by atoms with Crippen LogP contribution in [-0.2, 0) is 4.79 Å². The van der Waals surface area contributed by atoms with Crippen LogP contribution in [0.1, 0.15) is 64.9 Å². The van der Waals surface area contributed by atoms with Crippen molar-refractivity contribution in [1.82, 2.24) is 10.2 Å². The number of hydrogen-bond donors (Lipinski definition) is 1. The van der Waals surface area contributed by atoms with Gasteiger partial charge in [0.2, 0.25) is 5.91 Å². The second kappa shape index (κ2) is 8.68. The number of methoxy groups -OCH3 is 2. The summed E-state index contributed by atoms with van der Waals surface area (Å²) < 4.78 is 10.9. The van der Waals surface area contributed by atoms with E-state index in [4.69, 9.17) is 9.47 Å². The Balaban J connectivity index is 1.80. The minimum absolute atomic E-state index is 0.0341. The van der Waals surface area contributed by atoms with Crippen molar-refractivity contribution in [2.45, 2.75) is 50.1 Å². The van der Waals surface area contributed by atoms with E-state index in [1.807, 2.05) is 17.5 Å². The van der Waals surface area contributed by atoms with Crippen LogP contribution < -0.4 is 14.8 Å². The molecule has 160 valence electrons. The lowest BCUT2D eigenvalue weighted by Gasteiger charge is -2.40. The first kappa shape index (κ1) is 20.7. The van der Waals surface area contributed by atoms with E-state index in [0.29, 0.717) is 22.6 Å². The molecule has 30 heavy (non-hydrogen) atoms. The summed E-state index contributed by atoms with van der Waals surface area (Å²) in [6, 6.07) is 7.28. The van der Waals surface area contributed by atoms with Gasteiger partial charge < -0.3 is 19.7 Å². The number of thiophene rings is 1. The van der Waals surface area contributed by atoms with Crippen molar-refractivity contribution in [2.24, 2.45) is 0 Å². The highest BCUT2D eigenvalue weighted by Gasteiger charge is 2.44. The molecule has 1 aromatic carbocycles. The molecule has 6 nitrogen and oxygen atoms in total. The molecule has 1 saturated carbocycles. The molecule has 2 unspecified atom stereocenters.